The lowest BCUT2D eigenvalue weighted by Crippen LogP contribution is -2.57. The molecule has 0 saturated heterocycles. The van der Waals surface area contributed by atoms with E-state index in [1.807, 2.05) is 0 Å². The van der Waals surface area contributed by atoms with Crippen molar-refractivity contribution in [2.75, 3.05) is 0 Å². The van der Waals surface area contributed by atoms with Crippen LogP contribution in [0.1, 0.15) is 71.6 Å². The molecule has 116 valence electrons. The van der Waals surface area contributed by atoms with Crippen molar-refractivity contribution in [1.82, 2.24) is 0 Å². The Morgan fingerprint density at radius 2 is 1.71 bits per heavy atom. The molecule has 6 atom stereocenters. The largest absolute Gasteiger partial charge is 0.291 e. The van der Waals surface area contributed by atoms with Crippen LogP contribution in [0.15, 0.2) is 0 Å². The summed E-state index contributed by atoms with van der Waals surface area (Å²) in [5.41, 5.74) is 0.217. The van der Waals surface area contributed by atoms with Crippen molar-refractivity contribution >= 4 is 11.6 Å². The minimum absolute atomic E-state index is 0.00458. The van der Waals surface area contributed by atoms with Crippen LogP contribution in [0, 0.1) is 34.5 Å². The van der Waals surface area contributed by atoms with Gasteiger partial charge in [0.15, 0.2) is 5.78 Å². The van der Waals surface area contributed by atoms with Crippen molar-refractivity contribution in [2.45, 2.75) is 71.6 Å². The summed E-state index contributed by atoms with van der Waals surface area (Å²) >= 11 is 0. The molecule has 2 heteroatoms. The van der Waals surface area contributed by atoms with Crippen LogP contribution in [0.5, 0.6) is 0 Å². The fourth-order valence-corrected chi connectivity index (χ4v) is 6.94. The zero-order valence-electron chi connectivity index (χ0n) is 13.5. The van der Waals surface area contributed by atoms with Crippen molar-refractivity contribution in [3.63, 3.8) is 0 Å². The van der Waals surface area contributed by atoms with Crippen molar-refractivity contribution in [3.05, 3.63) is 0 Å². The van der Waals surface area contributed by atoms with Gasteiger partial charge in [-0.15, -0.1) is 0 Å². The Morgan fingerprint density at radius 3 is 2.52 bits per heavy atom. The molecule has 0 aromatic rings. The monoisotopic (exact) mass is 288 g/mol. The summed E-state index contributed by atoms with van der Waals surface area (Å²) in [7, 11) is 0. The average molecular weight is 288 g/mol. The van der Waals surface area contributed by atoms with Crippen LogP contribution >= 0.6 is 0 Å². The normalized spacial score (nSPS) is 53.0. The van der Waals surface area contributed by atoms with Crippen LogP contribution in [-0.4, -0.2) is 11.6 Å². The van der Waals surface area contributed by atoms with E-state index < -0.39 is 0 Å². The van der Waals surface area contributed by atoms with E-state index in [4.69, 9.17) is 0 Å². The molecule has 0 spiro atoms. The number of carbonyl (C=O) groups is 2. The van der Waals surface area contributed by atoms with Crippen LogP contribution in [0.4, 0.5) is 0 Å². The first-order valence-electron chi connectivity index (χ1n) is 9.04. The zero-order valence-corrected chi connectivity index (χ0v) is 13.5. The quantitative estimate of drug-likeness (QED) is 0.627. The van der Waals surface area contributed by atoms with Gasteiger partial charge in [0.2, 0.25) is 5.78 Å². The predicted octanol–water partition coefficient (Wildman–Crippen LogP) is 4.17. The topological polar surface area (TPSA) is 34.1 Å². The number of carbonyl (C=O) groups excluding carboxylic acids is 2. The van der Waals surface area contributed by atoms with Gasteiger partial charge in [0, 0.05) is 11.8 Å². The number of hydrogen-bond acceptors (Lipinski definition) is 2. The van der Waals surface area contributed by atoms with Gasteiger partial charge in [-0.2, -0.15) is 0 Å². The molecule has 4 fully saturated rings. The van der Waals surface area contributed by atoms with Crippen molar-refractivity contribution in [1.29, 1.82) is 0 Å². The first-order chi connectivity index (χ1) is 9.97. The van der Waals surface area contributed by atoms with Crippen molar-refractivity contribution in [2.24, 2.45) is 34.5 Å². The first kappa shape index (κ1) is 14.0. The molecule has 0 aromatic carbocycles. The predicted molar refractivity (Wildman–Crippen MR) is 81.7 cm³/mol. The van der Waals surface area contributed by atoms with Crippen LogP contribution < -0.4 is 0 Å². The SMILES string of the molecule is C[C@@]12CCC[C@H]1[C@@H]1CC[C@H]3CCC(=O)C(=O)[C@]3(C)[C@H]1CC2. The fraction of sp³-hybridized carbons (Fsp3) is 0.895. The Morgan fingerprint density at radius 1 is 0.905 bits per heavy atom. The molecule has 4 aliphatic carbocycles. The summed E-state index contributed by atoms with van der Waals surface area (Å²) in [6.45, 7) is 4.65. The molecule has 0 N–H and O–H groups in total. The van der Waals surface area contributed by atoms with Gasteiger partial charge in [0.25, 0.3) is 0 Å². The van der Waals surface area contributed by atoms with Crippen molar-refractivity contribution < 1.29 is 9.59 Å². The number of Topliss-reactive ketones (excluding diaryl/α,β-unsaturated/α-hetero) is 2. The van der Waals surface area contributed by atoms with Gasteiger partial charge in [0.1, 0.15) is 0 Å². The molecular formula is C19H28O2. The summed E-state index contributed by atoms with van der Waals surface area (Å²) in [5, 5.41) is 0. The highest BCUT2D eigenvalue weighted by molar-refractivity contribution is 6.39. The van der Waals surface area contributed by atoms with Gasteiger partial charge in [-0.1, -0.05) is 20.3 Å². The zero-order chi connectivity index (χ0) is 14.8. The Labute approximate surface area is 128 Å². The van der Waals surface area contributed by atoms with E-state index in [-0.39, 0.29) is 17.0 Å². The van der Waals surface area contributed by atoms with Crippen molar-refractivity contribution in [3.8, 4) is 0 Å². The second kappa shape index (κ2) is 4.43. The van der Waals surface area contributed by atoms with Gasteiger partial charge in [-0.05, 0) is 74.0 Å². The standard InChI is InChI=1S/C19H28O2/c1-18-10-3-4-14(18)13-7-5-12-6-8-16(20)17(21)19(12,2)15(13)9-11-18/h12-15H,3-11H2,1-2H3/t12-,13-,14-,15-,18-,19-/m0/s1. The Hall–Kier alpha value is -0.660. The molecule has 0 aliphatic heterocycles. The highest BCUT2D eigenvalue weighted by Crippen LogP contribution is 2.65. The molecule has 21 heavy (non-hydrogen) atoms. The summed E-state index contributed by atoms with van der Waals surface area (Å²) in [5.74, 6) is 2.42. The lowest BCUT2D eigenvalue weighted by Gasteiger charge is -2.58. The van der Waals surface area contributed by atoms with Gasteiger partial charge >= 0.3 is 0 Å². The molecule has 0 amide bonds. The van der Waals surface area contributed by atoms with E-state index in [0.29, 0.717) is 29.6 Å². The average Bonchev–Trinajstić information content (AvgIpc) is 2.86. The molecule has 4 aliphatic rings. The molecule has 0 unspecified atom stereocenters. The number of ketones is 2. The van der Waals surface area contributed by atoms with Crippen LogP contribution in [0.2, 0.25) is 0 Å². The summed E-state index contributed by atoms with van der Waals surface area (Å²) < 4.78 is 0. The minimum atomic E-state index is -0.317. The first-order valence-corrected chi connectivity index (χ1v) is 9.04. The number of hydrogen-bond donors (Lipinski definition) is 0. The number of fused-ring (bicyclic) bond motifs is 5. The van der Waals surface area contributed by atoms with E-state index >= 15 is 0 Å². The van der Waals surface area contributed by atoms with E-state index in [1.54, 1.807) is 0 Å². The maximum Gasteiger partial charge on any atom is 0.204 e. The van der Waals surface area contributed by atoms with Gasteiger partial charge in [-0.3, -0.25) is 9.59 Å². The lowest BCUT2D eigenvalue weighted by molar-refractivity contribution is -0.162. The minimum Gasteiger partial charge on any atom is -0.291 e. The molecule has 2 nitrogen and oxygen atoms in total. The second-order valence-corrected chi connectivity index (χ2v) is 8.81. The molecular weight excluding hydrogens is 260 g/mol. The van der Waals surface area contributed by atoms with Crippen LogP contribution in [0.25, 0.3) is 0 Å². The molecule has 0 radical (unpaired) electrons. The molecule has 4 saturated carbocycles. The third-order valence-electron chi connectivity index (χ3n) is 8.15. The van der Waals surface area contributed by atoms with E-state index in [0.717, 1.165) is 12.3 Å². The van der Waals surface area contributed by atoms with Gasteiger partial charge < -0.3 is 0 Å². The fourth-order valence-electron chi connectivity index (χ4n) is 6.94. The summed E-state index contributed by atoms with van der Waals surface area (Å²) in [4.78, 5) is 24.8. The Kier molecular flexibility index (Phi) is 2.94. The molecule has 0 aromatic heterocycles. The highest BCUT2D eigenvalue weighted by Gasteiger charge is 2.61. The lowest BCUT2D eigenvalue weighted by atomic mass is 9.45. The smallest absolute Gasteiger partial charge is 0.204 e. The molecule has 0 bridgehead atoms. The third-order valence-corrected chi connectivity index (χ3v) is 8.15. The maximum absolute atomic E-state index is 12.8. The van der Waals surface area contributed by atoms with E-state index in [9.17, 15) is 9.59 Å². The van der Waals surface area contributed by atoms with Crippen LogP contribution in [-0.2, 0) is 9.59 Å². The summed E-state index contributed by atoms with van der Waals surface area (Å²) in [6, 6.07) is 0. The number of rotatable bonds is 0. The van der Waals surface area contributed by atoms with Crippen LogP contribution in [0.3, 0.4) is 0 Å². The van der Waals surface area contributed by atoms with E-state index in [2.05, 4.69) is 13.8 Å². The highest BCUT2D eigenvalue weighted by atomic mass is 16.2. The molecule has 4 rings (SSSR count). The Balaban J connectivity index is 1.71. The summed E-state index contributed by atoms with van der Waals surface area (Å²) in [6.07, 6.45) is 10.6. The Bertz CT molecular complexity index is 496. The van der Waals surface area contributed by atoms with Gasteiger partial charge in [0.05, 0.1) is 0 Å². The van der Waals surface area contributed by atoms with E-state index in [1.165, 1.54) is 44.9 Å². The van der Waals surface area contributed by atoms with Gasteiger partial charge in [-0.25, -0.2) is 0 Å². The third kappa shape index (κ3) is 1.71. The maximum atomic E-state index is 12.8. The molecule has 0 heterocycles. The second-order valence-electron chi connectivity index (χ2n) is 8.81.